The standard InChI is InChI=1S/C33H23Br2F3N2O6/c34-15-1-5-17(6-2-15)39-29(42)21-11-10-20-22(27(21)31(39)44)14-24-28(32(45)40(30(24)43)18-7-3-16(35)4-8-18)26(20)23-13-19(9-12-25(23)41)46-33(36,37)38/h1-10,12-13,21-22,24,26-28,41H,11,14H2. The van der Waals surface area contributed by atoms with Crippen LogP contribution in [0.2, 0.25) is 0 Å². The maximum atomic E-state index is 14.2. The van der Waals surface area contributed by atoms with Crippen LogP contribution in [-0.2, 0) is 19.2 Å². The Bertz CT molecular complexity index is 1830. The molecule has 0 aromatic heterocycles. The first kappa shape index (κ1) is 30.7. The molecular formula is C33H23Br2F3N2O6. The van der Waals surface area contributed by atoms with E-state index in [0.29, 0.717) is 16.9 Å². The molecule has 3 aromatic rings. The highest BCUT2D eigenvalue weighted by Gasteiger charge is 2.62. The van der Waals surface area contributed by atoms with E-state index in [1.165, 1.54) is 0 Å². The van der Waals surface area contributed by atoms with Crippen LogP contribution in [0.15, 0.2) is 87.3 Å². The number of amides is 4. The molecule has 7 rings (SSSR count). The fourth-order valence-electron chi connectivity index (χ4n) is 7.60. The molecule has 2 heterocycles. The Morgan fingerprint density at radius 1 is 0.717 bits per heavy atom. The quantitative estimate of drug-likeness (QED) is 0.230. The summed E-state index contributed by atoms with van der Waals surface area (Å²) in [6, 6.07) is 16.3. The van der Waals surface area contributed by atoms with E-state index in [2.05, 4.69) is 36.6 Å². The first-order valence-corrected chi connectivity index (χ1v) is 16.0. The summed E-state index contributed by atoms with van der Waals surface area (Å²) in [6.45, 7) is 0. The number of carbonyl (C=O) groups excluding carboxylic acids is 4. The van der Waals surface area contributed by atoms with Gasteiger partial charge in [-0.3, -0.25) is 29.0 Å². The molecule has 2 aliphatic carbocycles. The Balaban J connectivity index is 1.35. The molecule has 6 unspecified atom stereocenters. The number of anilines is 2. The van der Waals surface area contributed by atoms with E-state index < -0.39 is 71.1 Å². The Hall–Kier alpha value is -3.97. The number of phenolic OH excluding ortho intramolecular Hbond substituents is 1. The van der Waals surface area contributed by atoms with E-state index >= 15 is 0 Å². The number of fused-ring (bicyclic) bond motifs is 4. The summed E-state index contributed by atoms with van der Waals surface area (Å²) >= 11 is 6.70. The molecule has 0 bridgehead atoms. The number of hydrogen-bond donors (Lipinski definition) is 1. The van der Waals surface area contributed by atoms with Crippen molar-refractivity contribution in [2.45, 2.75) is 25.1 Å². The third kappa shape index (κ3) is 4.95. The molecule has 4 amide bonds. The lowest BCUT2D eigenvalue weighted by Crippen LogP contribution is -2.43. The lowest BCUT2D eigenvalue weighted by molar-refractivity contribution is -0.274. The summed E-state index contributed by atoms with van der Waals surface area (Å²) in [5.41, 5.74) is 1.20. The average molecular weight is 760 g/mol. The van der Waals surface area contributed by atoms with Crippen molar-refractivity contribution >= 4 is 66.9 Å². The number of aromatic hydroxyl groups is 1. The van der Waals surface area contributed by atoms with E-state index in [1.807, 2.05) is 0 Å². The number of ether oxygens (including phenoxy) is 1. The fraction of sp³-hybridized carbons (Fsp3) is 0.273. The third-order valence-corrected chi connectivity index (χ3v) is 10.4. The summed E-state index contributed by atoms with van der Waals surface area (Å²) in [6.07, 6.45) is -3.06. The van der Waals surface area contributed by atoms with Gasteiger partial charge in [0.1, 0.15) is 11.5 Å². The van der Waals surface area contributed by atoms with Gasteiger partial charge in [0, 0.05) is 20.4 Å². The molecule has 3 fully saturated rings. The van der Waals surface area contributed by atoms with E-state index in [-0.39, 0.29) is 24.3 Å². The van der Waals surface area contributed by atoms with Crippen molar-refractivity contribution in [1.82, 2.24) is 0 Å². The first-order valence-electron chi connectivity index (χ1n) is 14.4. The van der Waals surface area contributed by atoms with Crippen LogP contribution in [0.5, 0.6) is 11.5 Å². The molecule has 1 N–H and O–H groups in total. The lowest BCUT2D eigenvalue weighted by Gasteiger charge is -2.44. The Labute approximate surface area is 277 Å². The molecule has 46 heavy (non-hydrogen) atoms. The smallest absolute Gasteiger partial charge is 0.508 e. The van der Waals surface area contributed by atoms with Gasteiger partial charge in [-0.1, -0.05) is 43.5 Å². The first-order chi connectivity index (χ1) is 21.8. The van der Waals surface area contributed by atoms with Crippen molar-refractivity contribution in [3.8, 4) is 11.5 Å². The normalized spacial score (nSPS) is 27.4. The summed E-state index contributed by atoms with van der Waals surface area (Å²) in [7, 11) is 0. The Morgan fingerprint density at radius 2 is 1.26 bits per heavy atom. The molecule has 0 radical (unpaired) electrons. The predicted octanol–water partition coefficient (Wildman–Crippen LogP) is 6.86. The fourth-order valence-corrected chi connectivity index (χ4v) is 8.13. The molecule has 2 aliphatic heterocycles. The van der Waals surface area contributed by atoms with Crippen molar-refractivity contribution in [2.24, 2.45) is 29.6 Å². The van der Waals surface area contributed by atoms with Gasteiger partial charge in [0.2, 0.25) is 23.6 Å². The van der Waals surface area contributed by atoms with Gasteiger partial charge >= 0.3 is 6.36 Å². The third-order valence-electron chi connectivity index (χ3n) is 9.39. The van der Waals surface area contributed by atoms with Crippen molar-refractivity contribution in [3.05, 3.63) is 92.9 Å². The van der Waals surface area contributed by atoms with E-state index in [0.717, 1.165) is 36.9 Å². The molecular weight excluding hydrogens is 737 g/mol. The van der Waals surface area contributed by atoms with E-state index in [4.69, 9.17) is 0 Å². The molecule has 236 valence electrons. The van der Waals surface area contributed by atoms with Crippen LogP contribution in [0.25, 0.3) is 0 Å². The second-order valence-corrected chi connectivity index (χ2v) is 13.6. The van der Waals surface area contributed by atoms with Crippen LogP contribution in [0.3, 0.4) is 0 Å². The van der Waals surface area contributed by atoms with Crippen LogP contribution in [0.1, 0.15) is 24.3 Å². The maximum Gasteiger partial charge on any atom is 0.573 e. The predicted molar refractivity (Wildman–Crippen MR) is 166 cm³/mol. The van der Waals surface area contributed by atoms with Crippen LogP contribution in [0.4, 0.5) is 24.5 Å². The van der Waals surface area contributed by atoms with E-state index in [1.54, 1.807) is 54.6 Å². The van der Waals surface area contributed by atoms with Gasteiger partial charge in [-0.15, -0.1) is 13.2 Å². The number of rotatable bonds is 4. The summed E-state index contributed by atoms with van der Waals surface area (Å²) in [5.74, 6) is -8.37. The number of alkyl halides is 3. The van der Waals surface area contributed by atoms with Crippen LogP contribution in [-0.4, -0.2) is 35.1 Å². The summed E-state index contributed by atoms with van der Waals surface area (Å²) < 4.78 is 45.3. The number of halogens is 5. The van der Waals surface area contributed by atoms with Crippen molar-refractivity contribution < 1.29 is 42.2 Å². The number of imide groups is 2. The number of hydrogen-bond acceptors (Lipinski definition) is 6. The topological polar surface area (TPSA) is 104 Å². The number of carbonyl (C=O) groups is 4. The minimum atomic E-state index is -5.02. The van der Waals surface area contributed by atoms with E-state index in [9.17, 15) is 37.5 Å². The zero-order valence-electron chi connectivity index (χ0n) is 23.6. The largest absolute Gasteiger partial charge is 0.573 e. The molecule has 0 spiro atoms. The van der Waals surface area contributed by atoms with Crippen LogP contribution in [0, 0.1) is 29.6 Å². The van der Waals surface area contributed by atoms with Crippen molar-refractivity contribution in [2.75, 3.05) is 9.80 Å². The molecule has 4 aliphatic rings. The number of benzene rings is 3. The summed E-state index contributed by atoms with van der Waals surface area (Å²) in [5, 5.41) is 11.0. The minimum absolute atomic E-state index is 0.0357. The molecule has 2 saturated heterocycles. The minimum Gasteiger partial charge on any atom is -0.508 e. The molecule has 3 aromatic carbocycles. The second kappa shape index (κ2) is 11.1. The summed E-state index contributed by atoms with van der Waals surface area (Å²) in [4.78, 5) is 58.2. The van der Waals surface area contributed by atoms with Gasteiger partial charge < -0.3 is 9.84 Å². The number of allylic oxidation sites excluding steroid dienone is 2. The van der Waals surface area contributed by atoms with Gasteiger partial charge in [0.05, 0.1) is 35.0 Å². The monoisotopic (exact) mass is 758 g/mol. The van der Waals surface area contributed by atoms with Gasteiger partial charge in [0.25, 0.3) is 0 Å². The molecule has 6 atom stereocenters. The van der Waals surface area contributed by atoms with Gasteiger partial charge in [-0.05, 0) is 85.5 Å². The second-order valence-electron chi connectivity index (χ2n) is 11.8. The van der Waals surface area contributed by atoms with Gasteiger partial charge in [-0.2, -0.15) is 0 Å². The highest BCUT2D eigenvalue weighted by molar-refractivity contribution is 9.10. The molecule has 1 saturated carbocycles. The zero-order chi connectivity index (χ0) is 32.7. The van der Waals surface area contributed by atoms with Crippen molar-refractivity contribution in [1.29, 1.82) is 0 Å². The maximum absolute atomic E-state index is 14.2. The Kier molecular flexibility index (Phi) is 7.39. The molecule has 13 heteroatoms. The Morgan fingerprint density at radius 3 is 1.83 bits per heavy atom. The van der Waals surface area contributed by atoms with Crippen LogP contribution < -0.4 is 14.5 Å². The van der Waals surface area contributed by atoms with Gasteiger partial charge in [-0.25, -0.2) is 0 Å². The van der Waals surface area contributed by atoms with Crippen LogP contribution >= 0.6 is 31.9 Å². The van der Waals surface area contributed by atoms with Gasteiger partial charge in [0.15, 0.2) is 0 Å². The highest BCUT2D eigenvalue weighted by Crippen LogP contribution is 2.59. The number of phenols is 1. The number of nitrogens with zero attached hydrogens (tertiary/aromatic N) is 2. The SMILES string of the molecule is O=C1C2CC=C3C(CC4C(=O)N(c5ccc(Br)cc5)C(=O)C4C3c3cc(OC(F)(F)F)ccc3O)C2C(=O)N1c1ccc(Br)cc1. The molecule has 8 nitrogen and oxygen atoms in total. The lowest BCUT2D eigenvalue weighted by atomic mass is 9.57. The van der Waals surface area contributed by atoms with Crippen molar-refractivity contribution in [3.63, 3.8) is 0 Å². The zero-order valence-corrected chi connectivity index (χ0v) is 26.8. The average Bonchev–Trinajstić information content (AvgIpc) is 3.41. The highest BCUT2D eigenvalue weighted by atomic mass is 79.9.